The van der Waals surface area contributed by atoms with E-state index in [1.807, 2.05) is 12.1 Å². The average Bonchev–Trinajstić information content (AvgIpc) is 2.41. The molecule has 5 heteroatoms. The van der Waals surface area contributed by atoms with Crippen LogP contribution in [-0.4, -0.2) is 37.7 Å². The number of nitrogens with zero attached hydrogens (tertiary/aromatic N) is 1. The minimum absolute atomic E-state index is 0.0289. The lowest BCUT2D eigenvalue weighted by atomic mass is 10.1. The lowest BCUT2D eigenvalue weighted by Gasteiger charge is -2.08. The molecule has 1 heterocycles. The van der Waals surface area contributed by atoms with E-state index in [1.54, 1.807) is 13.3 Å². The lowest BCUT2D eigenvalue weighted by Crippen LogP contribution is -2.35. The maximum absolute atomic E-state index is 11.5. The van der Waals surface area contributed by atoms with E-state index < -0.39 is 0 Å². The van der Waals surface area contributed by atoms with Crippen molar-refractivity contribution < 1.29 is 9.53 Å². The van der Waals surface area contributed by atoms with Crippen molar-refractivity contribution >= 4 is 5.91 Å². The minimum Gasteiger partial charge on any atom is -0.383 e. The number of ether oxygens (including phenoxy) is 1. The van der Waals surface area contributed by atoms with Gasteiger partial charge in [0.15, 0.2) is 0 Å². The third-order valence-corrected chi connectivity index (χ3v) is 2.59. The molecule has 0 aliphatic carbocycles. The number of carbonyl (C=O) groups is 1. The first-order valence-electron chi connectivity index (χ1n) is 6.17. The quantitative estimate of drug-likeness (QED) is 0.660. The van der Waals surface area contributed by atoms with Gasteiger partial charge in [-0.1, -0.05) is 13.0 Å². The molecule has 0 aliphatic heterocycles. The fraction of sp³-hybridized carbons (Fsp3) is 0.538. The Kier molecular flexibility index (Phi) is 6.98. The van der Waals surface area contributed by atoms with Crippen molar-refractivity contribution in [2.24, 2.45) is 0 Å². The van der Waals surface area contributed by atoms with Crippen LogP contribution in [0.4, 0.5) is 0 Å². The number of rotatable bonds is 8. The number of pyridine rings is 1. The largest absolute Gasteiger partial charge is 0.383 e. The van der Waals surface area contributed by atoms with E-state index in [9.17, 15) is 4.79 Å². The fourth-order valence-electron chi connectivity index (χ4n) is 1.57. The summed E-state index contributed by atoms with van der Waals surface area (Å²) in [5, 5.41) is 5.84. The number of amides is 1. The second-order valence-corrected chi connectivity index (χ2v) is 3.91. The third kappa shape index (κ3) is 5.25. The Hall–Kier alpha value is -1.46. The van der Waals surface area contributed by atoms with Crippen LogP contribution < -0.4 is 10.6 Å². The van der Waals surface area contributed by atoms with Crippen molar-refractivity contribution in [3.63, 3.8) is 0 Å². The maximum atomic E-state index is 11.5. The van der Waals surface area contributed by atoms with Gasteiger partial charge in [0.25, 0.3) is 0 Å². The molecule has 0 saturated heterocycles. The van der Waals surface area contributed by atoms with E-state index in [-0.39, 0.29) is 5.91 Å². The number of hydrogen-bond donors (Lipinski definition) is 2. The van der Waals surface area contributed by atoms with Crippen molar-refractivity contribution in [2.75, 3.05) is 26.8 Å². The zero-order chi connectivity index (χ0) is 13.2. The van der Waals surface area contributed by atoms with Crippen molar-refractivity contribution in [1.82, 2.24) is 15.6 Å². The van der Waals surface area contributed by atoms with Crippen LogP contribution >= 0.6 is 0 Å². The molecule has 18 heavy (non-hydrogen) atoms. The highest BCUT2D eigenvalue weighted by Crippen LogP contribution is 2.05. The summed E-state index contributed by atoms with van der Waals surface area (Å²) < 4.78 is 4.88. The SMILES string of the molecule is CCc1cccnc1CNC(=O)CNCCOC. The van der Waals surface area contributed by atoms with Gasteiger partial charge in [-0.05, 0) is 18.1 Å². The number of aryl methyl sites for hydroxylation is 1. The van der Waals surface area contributed by atoms with Crippen molar-refractivity contribution in [1.29, 1.82) is 0 Å². The Morgan fingerprint density at radius 3 is 3.06 bits per heavy atom. The molecule has 2 N–H and O–H groups in total. The molecule has 0 saturated carbocycles. The van der Waals surface area contributed by atoms with Gasteiger partial charge in [-0.3, -0.25) is 9.78 Å². The number of methoxy groups -OCH3 is 1. The molecule has 0 fully saturated rings. The van der Waals surface area contributed by atoms with Gasteiger partial charge in [0.1, 0.15) is 0 Å². The Morgan fingerprint density at radius 2 is 2.33 bits per heavy atom. The molecule has 5 nitrogen and oxygen atoms in total. The lowest BCUT2D eigenvalue weighted by molar-refractivity contribution is -0.120. The molecule has 1 rings (SSSR count). The Morgan fingerprint density at radius 1 is 1.50 bits per heavy atom. The molecule has 1 amide bonds. The number of carbonyl (C=O) groups excluding carboxylic acids is 1. The van der Waals surface area contributed by atoms with Gasteiger partial charge in [0.2, 0.25) is 5.91 Å². The molecular formula is C13H21N3O2. The Bertz CT molecular complexity index is 369. The van der Waals surface area contributed by atoms with Crippen LogP contribution in [0.1, 0.15) is 18.2 Å². The van der Waals surface area contributed by atoms with Crippen LogP contribution in [0.15, 0.2) is 18.3 Å². The van der Waals surface area contributed by atoms with Gasteiger partial charge in [0.05, 0.1) is 25.4 Å². The van der Waals surface area contributed by atoms with Crippen molar-refractivity contribution in [2.45, 2.75) is 19.9 Å². The summed E-state index contributed by atoms with van der Waals surface area (Å²) in [4.78, 5) is 15.8. The predicted molar refractivity (Wildman–Crippen MR) is 70.2 cm³/mol. The first-order valence-corrected chi connectivity index (χ1v) is 6.17. The summed E-state index contributed by atoms with van der Waals surface area (Å²) in [7, 11) is 1.63. The summed E-state index contributed by atoms with van der Waals surface area (Å²) in [6, 6.07) is 3.95. The molecule has 1 aromatic heterocycles. The minimum atomic E-state index is -0.0289. The van der Waals surface area contributed by atoms with E-state index in [0.717, 1.165) is 12.1 Å². The highest BCUT2D eigenvalue weighted by atomic mass is 16.5. The maximum Gasteiger partial charge on any atom is 0.234 e. The predicted octanol–water partition coefficient (Wildman–Crippen LogP) is 0.496. The monoisotopic (exact) mass is 251 g/mol. The first-order chi connectivity index (χ1) is 8.77. The summed E-state index contributed by atoms with van der Waals surface area (Å²) in [6.45, 7) is 4.14. The van der Waals surface area contributed by atoms with Gasteiger partial charge in [0, 0.05) is 19.9 Å². The molecule has 0 aliphatic rings. The number of aromatic nitrogens is 1. The zero-order valence-electron chi connectivity index (χ0n) is 11.0. The smallest absolute Gasteiger partial charge is 0.234 e. The summed E-state index contributed by atoms with van der Waals surface area (Å²) in [5.74, 6) is -0.0289. The average molecular weight is 251 g/mol. The van der Waals surface area contributed by atoms with Gasteiger partial charge in [-0.2, -0.15) is 0 Å². The van der Waals surface area contributed by atoms with E-state index >= 15 is 0 Å². The van der Waals surface area contributed by atoms with E-state index in [2.05, 4.69) is 22.5 Å². The van der Waals surface area contributed by atoms with E-state index in [0.29, 0.717) is 26.2 Å². The standard InChI is InChI=1S/C13H21N3O2/c1-3-11-5-4-6-15-12(11)9-16-13(17)10-14-7-8-18-2/h4-6,14H,3,7-10H2,1-2H3,(H,16,17). The van der Waals surface area contributed by atoms with Crippen LogP contribution in [0.3, 0.4) is 0 Å². The summed E-state index contributed by atoms with van der Waals surface area (Å²) in [6.07, 6.45) is 2.67. The molecule has 0 atom stereocenters. The number of nitrogens with one attached hydrogen (secondary N) is 2. The first kappa shape index (κ1) is 14.6. The molecule has 1 aromatic rings. The van der Waals surface area contributed by atoms with Crippen molar-refractivity contribution in [3.05, 3.63) is 29.6 Å². The van der Waals surface area contributed by atoms with Crippen molar-refractivity contribution in [3.8, 4) is 0 Å². The molecule has 0 spiro atoms. The van der Waals surface area contributed by atoms with E-state index in [1.165, 1.54) is 5.56 Å². The molecule has 0 aromatic carbocycles. The van der Waals surface area contributed by atoms with Gasteiger partial charge >= 0.3 is 0 Å². The molecule has 100 valence electrons. The normalized spacial score (nSPS) is 10.3. The zero-order valence-corrected chi connectivity index (χ0v) is 11.0. The number of hydrogen-bond acceptors (Lipinski definition) is 4. The Balaban J connectivity index is 2.29. The van der Waals surface area contributed by atoms with Crippen LogP contribution in [-0.2, 0) is 22.5 Å². The van der Waals surface area contributed by atoms with Gasteiger partial charge < -0.3 is 15.4 Å². The van der Waals surface area contributed by atoms with Crippen LogP contribution in [0, 0.1) is 0 Å². The molecule has 0 bridgehead atoms. The van der Waals surface area contributed by atoms with Gasteiger partial charge in [-0.25, -0.2) is 0 Å². The highest BCUT2D eigenvalue weighted by Gasteiger charge is 2.04. The van der Waals surface area contributed by atoms with E-state index in [4.69, 9.17) is 4.74 Å². The topological polar surface area (TPSA) is 63.2 Å². The second kappa shape index (κ2) is 8.60. The second-order valence-electron chi connectivity index (χ2n) is 3.91. The summed E-state index contributed by atoms with van der Waals surface area (Å²) in [5.41, 5.74) is 2.11. The molecule has 0 radical (unpaired) electrons. The fourth-order valence-corrected chi connectivity index (χ4v) is 1.57. The third-order valence-electron chi connectivity index (χ3n) is 2.59. The highest BCUT2D eigenvalue weighted by molar-refractivity contribution is 5.77. The van der Waals surface area contributed by atoms with Crippen LogP contribution in [0.2, 0.25) is 0 Å². The van der Waals surface area contributed by atoms with Gasteiger partial charge in [-0.15, -0.1) is 0 Å². The Labute approximate surface area is 108 Å². The molecular weight excluding hydrogens is 230 g/mol. The van der Waals surface area contributed by atoms with Crippen LogP contribution in [0.25, 0.3) is 0 Å². The van der Waals surface area contributed by atoms with Crippen LogP contribution in [0.5, 0.6) is 0 Å². The summed E-state index contributed by atoms with van der Waals surface area (Å²) >= 11 is 0. The molecule has 0 unspecified atom stereocenters.